The SMILES string of the molecule is C=CC(=O)OCCCCOC(=O)C=C.CCOCC.OCCO. The van der Waals surface area contributed by atoms with Gasteiger partial charge in [0.2, 0.25) is 0 Å². The van der Waals surface area contributed by atoms with E-state index in [4.69, 9.17) is 24.4 Å². The minimum absolute atomic E-state index is 0.125. The molecule has 7 heteroatoms. The van der Waals surface area contributed by atoms with E-state index in [0.717, 1.165) is 25.4 Å². The highest BCUT2D eigenvalue weighted by Gasteiger charge is 1.97. The third-order valence-electron chi connectivity index (χ3n) is 1.87. The third kappa shape index (κ3) is 33.2. The highest BCUT2D eigenvalue weighted by molar-refractivity contribution is 5.81. The summed E-state index contributed by atoms with van der Waals surface area (Å²) < 4.78 is 14.2. The van der Waals surface area contributed by atoms with Gasteiger partial charge in [0.15, 0.2) is 0 Å². The summed E-state index contributed by atoms with van der Waals surface area (Å²) >= 11 is 0. The molecule has 0 bridgehead atoms. The minimum Gasteiger partial charge on any atom is -0.463 e. The maximum atomic E-state index is 10.6. The van der Waals surface area contributed by atoms with Gasteiger partial charge in [-0.15, -0.1) is 0 Å². The molecule has 136 valence electrons. The summed E-state index contributed by atoms with van der Waals surface area (Å²) in [5, 5.41) is 15.2. The average molecular weight is 334 g/mol. The number of unbranched alkanes of at least 4 members (excludes halogenated alkanes) is 1. The molecule has 0 saturated heterocycles. The third-order valence-corrected chi connectivity index (χ3v) is 1.87. The number of aliphatic hydroxyl groups excluding tert-OH is 2. The second-order valence-corrected chi connectivity index (χ2v) is 3.68. The molecule has 0 fully saturated rings. The summed E-state index contributed by atoms with van der Waals surface area (Å²) in [6.07, 6.45) is 3.53. The first-order valence-electron chi connectivity index (χ1n) is 7.41. The molecule has 0 rings (SSSR count). The number of ether oxygens (including phenoxy) is 3. The Morgan fingerprint density at radius 3 is 1.39 bits per heavy atom. The quantitative estimate of drug-likeness (QED) is 0.352. The number of carbonyl (C=O) groups excluding carboxylic acids is 2. The Bertz CT molecular complexity index is 262. The van der Waals surface area contributed by atoms with Crippen molar-refractivity contribution in [1.82, 2.24) is 0 Å². The maximum Gasteiger partial charge on any atom is 0.330 e. The first kappa shape index (κ1) is 26.2. The molecule has 0 aromatic heterocycles. The highest BCUT2D eigenvalue weighted by atomic mass is 16.5. The Labute approximate surface area is 138 Å². The van der Waals surface area contributed by atoms with Crippen LogP contribution in [-0.2, 0) is 23.8 Å². The molecule has 0 aromatic carbocycles. The fraction of sp³-hybridized carbons (Fsp3) is 0.625. The van der Waals surface area contributed by atoms with Crippen LogP contribution in [0, 0.1) is 0 Å². The van der Waals surface area contributed by atoms with Crippen molar-refractivity contribution < 1.29 is 34.0 Å². The van der Waals surface area contributed by atoms with E-state index in [0.29, 0.717) is 26.1 Å². The molecule has 0 radical (unpaired) electrons. The Balaban J connectivity index is -0.000000365. The molecule has 0 unspecified atom stereocenters. The predicted octanol–water partition coefficient (Wildman–Crippen LogP) is 1.24. The van der Waals surface area contributed by atoms with Crippen LogP contribution < -0.4 is 0 Å². The number of hydrogen-bond acceptors (Lipinski definition) is 7. The summed E-state index contributed by atoms with van der Waals surface area (Å²) in [5.41, 5.74) is 0. The fourth-order valence-corrected chi connectivity index (χ4v) is 0.872. The Kier molecular flexibility index (Phi) is 28.8. The number of aliphatic hydroxyl groups is 2. The zero-order valence-corrected chi connectivity index (χ0v) is 14.2. The largest absolute Gasteiger partial charge is 0.463 e. The van der Waals surface area contributed by atoms with Crippen molar-refractivity contribution in [3.8, 4) is 0 Å². The van der Waals surface area contributed by atoms with Gasteiger partial charge in [-0.2, -0.15) is 0 Å². The van der Waals surface area contributed by atoms with Crippen molar-refractivity contribution in [1.29, 1.82) is 0 Å². The van der Waals surface area contributed by atoms with Gasteiger partial charge in [0.25, 0.3) is 0 Å². The van der Waals surface area contributed by atoms with Gasteiger partial charge in [0.05, 0.1) is 26.4 Å². The second-order valence-electron chi connectivity index (χ2n) is 3.68. The lowest BCUT2D eigenvalue weighted by Crippen LogP contribution is -2.05. The molecule has 7 nitrogen and oxygen atoms in total. The molecule has 2 N–H and O–H groups in total. The average Bonchev–Trinajstić information content (AvgIpc) is 2.58. The van der Waals surface area contributed by atoms with Gasteiger partial charge in [-0.1, -0.05) is 13.2 Å². The summed E-state index contributed by atoms with van der Waals surface area (Å²) in [4.78, 5) is 21.1. The van der Waals surface area contributed by atoms with E-state index < -0.39 is 11.9 Å². The Morgan fingerprint density at radius 2 is 1.22 bits per heavy atom. The van der Waals surface area contributed by atoms with E-state index in [1.165, 1.54) is 0 Å². The molecule has 23 heavy (non-hydrogen) atoms. The second kappa shape index (κ2) is 25.3. The van der Waals surface area contributed by atoms with E-state index >= 15 is 0 Å². The zero-order chi connectivity index (χ0) is 18.3. The van der Waals surface area contributed by atoms with Crippen molar-refractivity contribution >= 4 is 11.9 Å². The van der Waals surface area contributed by atoms with Crippen LogP contribution in [0.15, 0.2) is 25.3 Å². The number of esters is 2. The van der Waals surface area contributed by atoms with Gasteiger partial charge in [0, 0.05) is 25.4 Å². The number of carbonyl (C=O) groups is 2. The fourth-order valence-electron chi connectivity index (χ4n) is 0.872. The molecule has 0 aliphatic carbocycles. The van der Waals surface area contributed by atoms with E-state index in [2.05, 4.69) is 13.2 Å². The monoisotopic (exact) mass is 334 g/mol. The smallest absolute Gasteiger partial charge is 0.330 e. The molecule has 0 saturated carbocycles. The summed E-state index contributed by atoms with van der Waals surface area (Å²) in [5.74, 6) is -0.874. The van der Waals surface area contributed by atoms with E-state index in [1.54, 1.807) is 0 Å². The highest BCUT2D eigenvalue weighted by Crippen LogP contribution is 1.93. The minimum atomic E-state index is -0.437. The summed E-state index contributed by atoms with van der Waals surface area (Å²) in [7, 11) is 0. The Morgan fingerprint density at radius 1 is 0.870 bits per heavy atom. The number of hydrogen-bond donors (Lipinski definition) is 2. The van der Waals surface area contributed by atoms with Crippen LogP contribution in [0.25, 0.3) is 0 Å². The van der Waals surface area contributed by atoms with Gasteiger partial charge in [0.1, 0.15) is 0 Å². The van der Waals surface area contributed by atoms with Gasteiger partial charge >= 0.3 is 11.9 Å². The molecule has 0 amide bonds. The van der Waals surface area contributed by atoms with Crippen LogP contribution in [0.4, 0.5) is 0 Å². The first-order chi connectivity index (χ1) is 11.0. The van der Waals surface area contributed by atoms with E-state index in [9.17, 15) is 9.59 Å². The lowest BCUT2D eigenvalue weighted by Gasteiger charge is -2.02. The number of rotatable bonds is 10. The van der Waals surface area contributed by atoms with Crippen LogP contribution in [0.1, 0.15) is 26.7 Å². The zero-order valence-electron chi connectivity index (χ0n) is 14.2. The first-order valence-corrected chi connectivity index (χ1v) is 7.41. The molecule has 0 atom stereocenters. The van der Waals surface area contributed by atoms with E-state index in [1.807, 2.05) is 13.8 Å². The van der Waals surface area contributed by atoms with Crippen LogP contribution in [0.2, 0.25) is 0 Å². The lowest BCUT2D eigenvalue weighted by molar-refractivity contribution is -0.140. The van der Waals surface area contributed by atoms with Crippen LogP contribution in [-0.4, -0.2) is 61.8 Å². The van der Waals surface area contributed by atoms with Crippen LogP contribution in [0.5, 0.6) is 0 Å². The van der Waals surface area contributed by atoms with Crippen LogP contribution >= 0.6 is 0 Å². The molecular formula is C16H30O7. The van der Waals surface area contributed by atoms with Crippen LogP contribution in [0.3, 0.4) is 0 Å². The standard InChI is InChI=1S/C10H14O4.C4H10O.C2H6O2/c1-3-9(11)13-7-5-6-8-14-10(12)4-2;1-3-5-4-2;3-1-2-4/h3-4H,1-2,5-8H2;3-4H2,1-2H3;3-4H,1-2H2. The normalized spacial score (nSPS) is 8.52. The summed E-state index contributed by atoms with van der Waals surface area (Å²) in [6, 6.07) is 0. The molecule has 0 aliphatic heterocycles. The molecule has 0 spiro atoms. The lowest BCUT2D eigenvalue weighted by atomic mass is 10.3. The molecule has 0 heterocycles. The topological polar surface area (TPSA) is 102 Å². The van der Waals surface area contributed by atoms with E-state index in [-0.39, 0.29) is 13.2 Å². The molecular weight excluding hydrogens is 304 g/mol. The Hall–Kier alpha value is -1.70. The predicted molar refractivity (Wildman–Crippen MR) is 87.9 cm³/mol. The van der Waals surface area contributed by atoms with Crippen molar-refractivity contribution in [2.75, 3.05) is 39.6 Å². The maximum absolute atomic E-state index is 10.6. The molecule has 0 aliphatic rings. The van der Waals surface area contributed by atoms with Gasteiger partial charge < -0.3 is 24.4 Å². The molecule has 0 aromatic rings. The van der Waals surface area contributed by atoms with Crippen molar-refractivity contribution in [3.05, 3.63) is 25.3 Å². The summed E-state index contributed by atoms with van der Waals surface area (Å²) in [6.45, 7) is 12.6. The van der Waals surface area contributed by atoms with Crippen molar-refractivity contribution in [2.24, 2.45) is 0 Å². The van der Waals surface area contributed by atoms with Gasteiger partial charge in [-0.25, -0.2) is 9.59 Å². The van der Waals surface area contributed by atoms with Gasteiger partial charge in [-0.05, 0) is 26.7 Å². The van der Waals surface area contributed by atoms with Crippen molar-refractivity contribution in [3.63, 3.8) is 0 Å². The van der Waals surface area contributed by atoms with Gasteiger partial charge in [-0.3, -0.25) is 0 Å². The van der Waals surface area contributed by atoms with Crippen molar-refractivity contribution in [2.45, 2.75) is 26.7 Å².